The summed E-state index contributed by atoms with van der Waals surface area (Å²) < 4.78 is 19.3. The molecule has 8 nitrogen and oxygen atoms in total. The third kappa shape index (κ3) is 2.88. The van der Waals surface area contributed by atoms with Crippen LogP contribution in [0.1, 0.15) is 68.6 Å². The van der Waals surface area contributed by atoms with Crippen LogP contribution in [-0.4, -0.2) is 56.0 Å². The van der Waals surface area contributed by atoms with Crippen LogP contribution >= 0.6 is 0 Å². The minimum absolute atomic E-state index is 0.0948. The van der Waals surface area contributed by atoms with Gasteiger partial charge in [-0.25, -0.2) is 4.79 Å². The summed E-state index contributed by atoms with van der Waals surface area (Å²) in [6.07, 6.45) is 5.20. The number of nitrogens with zero attached hydrogens (tertiary/aromatic N) is 1. The van der Waals surface area contributed by atoms with Gasteiger partial charge < -0.3 is 24.3 Å². The van der Waals surface area contributed by atoms with Crippen molar-refractivity contribution in [3.8, 4) is 0 Å². The van der Waals surface area contributed by atoms with Gasteiger partial charge in [0.2, 0.25) is 0 Å². The maximum absolute atomic E-state index is 13.5. The van der Waals surface area contributed by atoms with Crippen LogP contribution in [0.15, 0.2) is 60.4 Å². The van der Waals surface area contributed by atoms with Crippen LogP contribution in [0.4, 0.5) is 0 Å². The molecule has 2 aromatic heterocycles. The van der Waals surface area contributed by atoms with Gasteiger partial charge in [0.15, 0.2) is 17.7 Å². The second-order valence-electron chi connectivity index (χ2n) is 13.5. The number of aliphatic hydroxyl groups is 1. The SMILES string of the molecule is CC1(C)O[C@@]23CCC4(C)[C@@]5(C)c6[nH]c7ccccc7c6C[C@@H]5C[C@H](OC(=O)c5ccncc5)[C@@]4(O)C2=CC(=O)C1O3. The molecule has 3 aliphatic carbocycles. The number of pyridine rings is 1. The number of ketones is 1. The highest BCUT2D eigenvalue weighted by Crippen LogP contribution is 2.72. The number of nitrogens with one attached hydrogen (secondary N) is 1. The van der Waals surface area contributed by atoms with Gasteiger partial charge in [0.05, 0.1) is 5.56 Å². The minimum Gasteiger partial charge on any atom is -0.455 e. The van der Waals surface area contributed by atoms with Gasteiger partial charge in [-0.2, -0.15) is 0 Å². The lowest BCUT2D eigenvalue weighted by Crippen LogP contribution is -2.75. The number of para-hydroxylation sites is 1. The number of aromatic nitrogens is 2. The number of carbonyl (C=O) groups excluding carboxylic acids is 2. The molecule has 7 atom stereocenters. The average Bonchev–Trinajstić information content (AvgIpc) is 3.54. The van der Waals surface area contributed by atoms with Crippen molar-refractivity contribution < 1.29 is 28.9 Å². The van der Waals surface area contributed by atoms with Gasteiger partial charge in [-0.15, -0.1) is 0 Å². The van der Waals surface area contributed by atoms with Crippen LogP contribution in [0.2, 0.25) is 0 Å². The number of rotatable bonds is 2. The number of ether oxygens (including phenoxy) is 3. The van der Waals surface area contributed by atoms with Crippen LogP contribution in [-0.2, 0) is 30.8 Å². The molecule has 0 radical (unpaired) electrons. The number of hydrogen-bond donors (Lipinski definition) is 2. The molecule has 4 heterocycles. The molecule has 1 spiro atoms. The van der Waals surface area contributed by atoms with Crippen LogP contribution in [0.25, 0.3) is 10.9 Å². The van der Waals surface area contributed by atoms with Crippen molar-refractivity contribution in [1.29, 1.82) is 0 Å². The van der Waals surface area contributed by atoms with Crippen LogP contribution in [0.3, 0.4) is 0 Å². The molecule has 3 aromatic rings. The first-order valence-corrected chi connectivity index (χ1v) is 14.5. The Labute approximate surface area is 238 Å². The third-order valence-corrected chi connectivity index (χ3v) is 11.4. The van der Waals surface area contributed by atoms with Gasteiger partial charge in [0.25, 0.3) is 0 Å². The van der Waals surface area contributed by atoms with Gasteiger partial charge >= 0.3 is 5.97 Å². The zero-order valence-corrected chi connectivity index (χ0v) is 23.7. The van der Waals surface area contributed by atoms with E-state index in [0.717, 1.165) is 17.6 Å². The normalized spacial score (nSPS) is 39.9. The Balaban J connectivity index is 1.33. The fraction of sp³-hybridized carbons (Fsp3) is 0.485. The van der Waals surface area contributed by atoms with E-state index in [2.05, 4.69) is 35.9 Å². The monoisotopic (exact) mass is 554 g/mol. The molecule has 2 saturated carbocycles. The van der Waals surface area contributed by atoms with Crippen molar-refractivity contribution >= 4 is 22.7 Å². The third-order valence-electron chi connectivity index (χ3n) is 11.4. The maximum atomic E-state index is 13.5. The summed E-state index contributed by atoms with van der Waals surface area (Å²) in [5, 5.41) is 14.5. The number of fused-ring (bicyclic) bond motifs is 9. The van der Waals surface area contributed by atoms with E-state index in [4.69, 9.17) is 14.2 Å². The predicted octanol–water partition coefficient (Wildman–Crippen LogP) is 4.55. The van der Waals surface area contributed by atoms with Crippen molar-refractivity contribution in [3.63, 3.8) is 0 Å². The van der Waals surface area contributed by atoms with E-state index in [-0.39, 0.29) is 11.7 Å². The van der Waals surface area contributed by atoms with Crippen LogP contribution < -0.4 is 0 Å². The highest BCUT2D eigenvalue weighted by Gasteiger charge is 2.78. The van der Waals surface area contributed by atoms with E-state index in [1.54, 1.807) is 30.6 Å². The first-order chi connectivity index (χ1) is 19.4. The van der Waals surface area contributed by atoms with Crippen molar-refractivity contribution in [2.24, 2.45) is 11.3 Å². The molecular formula is C33H34N2O6. The van der Waals surface area contributed by atoms with E-state index in [1.165, 1.54) is 10.9 Å². The summed E-state index contributed by atoms with van der Waals surface area (Å²) in [6, 6.07) is 11.5. The number of aromatic amines is 1. The van der Waals surface area contributed by atoms with E-state index in [1.807, 2.05) is 26.0 Å². The fourth-order valence-corrected chi connectivity index (χ4v) is 9.22. The second-order valence-corrected chi connectivity index (χ2v) is 13.5. The second kappa shape index (κ2) is 7.73. The zero-order chi connectivity index (χ0) is 28.6. The molecule has 2 bridgehead atoms. The lowest BCUT2D eigenvalue weighted by atomic mass is 9.41. The molecule has 1 saturated heterocycles. The standard InChI is InChI=1S/C33H34N2O6/c1-29(2)27-23(36)17-24-32(40-27,41-29)12-11-30(3)31(4)19(15-21-20-7-5-6-8-22(20)35-26(21)31)16-25(33(24,30)38)39-28(37)18-9-13-34-14-10-18/h5-10,13-14,17,19,25,27,35,38H,11-12,15-16H2,1-4H3/t19-,25+,27?,30?,31-,32+,33+/m1/s1. The summed E-state index contributed by atoms with van der Waals surface area (Å²) in [6.45, 7) is 8.03. The Morgan fingerprint density at radius 2 is 1.85 bits per heavy atom. The topological polar surface area (TPSA) is 111 Å². The maximum Gasteiger partial charge on any atom is 0.338 e. The quantitative estimate of drug-likeness (QED) is 0.447. The van der Waals surface area contributed by atoms with Crippen molar-refractivity contribution in [3.05, 3.63) is 77.3 Å². The molecular weight excluding hydrogens is 520 g/mol. The smallest absolute Gasteiger partial charge is 0.338 e. The van der Waals surface area contributed by atoms with Gasteiger partial charge in [-0.3, -0.25) is 9.78 Å². The fourth-order valence-electron chi connectivity index (χ4n) is 9.22. The van der Waals surface area contributed by atoms with Crippen LogP contribution in [0, 0.1) is 11.3 Å². The lowest BCUT2D eigenvalue weighted by molar-refractivity contribution is -0.273. The van der Waals surface area contributed by atoms with Crippen molar-refractivity contribution in [1.82, 2.24) is 9.97 Å². The highest BCUT2D eigenvalue weighted by atomic mass is 16.8. The number of hydrogen-bond acceptors (Lipinski definition) is 7. The summed E-state index contributed by atoms with van der Waals surface area (Å²) in [5.41, 5.74) is 0.239. The zero-order valence-electron chi connectivity index (χ0n) is 23.7. The minimum atomic E-state index is -1.74. The molecule has 1 aromatic carbocycles. The Hall–Kier alpha value is -3.33. The van der Waals surface area contributed by atoms with E-state index in [0.29, 0.717) is 30.4 Å². The molecule has 212 valence electrons. The summed E-state index contributed by atoms with van der Waals surface area (Å²) in [7, 11) is 0. The highest BCUT2D eigenvalue weighted by molar-refractivity contribution is 5.97. The molecule has 3 fully saturated rings. The lowest BCUT2D eigenvalue weighted by Gasteiger charge is -2.67. The molecule has 2 aliphatic heterocycles. The first kappa shape index (κ1) is 25.4. The van der Waals surface area contributed by atoms with Gasteiger partial charge in [-0.1, -0.05) is 32.0 Å². The summed E-state index contributed by atoms with van der Waals surface area (Å²) in [4.78, 5) is 34.8. The Kier molecular flexibility index (Phi) is 4.79. The van der Waals surface area contributed by atoms with E-state index >= 15 is 0 Å². The Bertz CT molecular complexity index is 1680. The van der Waals surface area contributed by atoms with Crippen molar-refractivity contribution in [2.75, 3.05) is 0 Å². The van der Waals surface area contributed by atoms with E-state index < -0.39 is 46.0 Å². The van der Waals surface area contributed by atoms with E-state index in [9.17, 15) is 14.7 Å². The molecule has 8 rings (SSSR count). The molecule has 2 N–H and O–H groups in total. The van der Waals surface area contributed by atoms with Gasteiger partial charge in [-0.05, 0) is 68.9 Å². The van der Waals surface area contributed by atoms with Gasteiger partial charge in [0, 0.05) is 51.8 Å². The number of benzene rings is 1. The number of carbonyl (C=O) groups is 2. The van der Waals surface area contributed by atoms with Gasteiger partial charge in [0.1, 0.15) is 17.3 Å². The first-order valence-electron chi connectivity index (χ1n) is 14.5. The number of esters is 1. The van der Waals surface area contributed by atoms with Crippen molar-refractivity contribution in [2.45, 2.75) is 88.0 Å². The number of H-pyrrole nitrogens is 1. The molecule has 2 unspecified atom stereocenters. The van der Waals surface area contributed by atoms with Crippen LogP contribution in [0.5, 0.6) is 0 Å². The molecule has 5 aliphatic rings. The largest absolute Gasteiger partial charge is 0.455 e. The predicted molar refractivity (Wildman–Crippen MR) is 149 cm³/mol. The summed E-state index contributed by atoms with van der Waals surface area (Å²) in [5.74, 6) is -1.94. The average molecular weight is 555 g/mol. The molecule has 41 heavy (non-hydrogen) atoms. The summed E-state index contributed by atoms with van der Waals surface area (Å²) >= 11 is 0. The molecule has 8 heteroatoms. The molecule has 0 amide bonds. The Morgan fingerprint density at radius 3 is 2.63 bits per heavy atom. The Morgan fingerprint density at radius 1 is 1.10 bits per heavy atom.